The Morgan fingerprint density at radius 1 is 1.62 bits per heavy atom. The summed E-state index contributed by atoms with van der Waals surface area (Å²) < 4.78 is 0. The predicted molar refractivity (Wildman–Crippen MR) is 52.4 cm³/mol. The zero-order valence-corrected chi connectivity index (χ0v) is 7.71. The van der Waals surface area contributed by atoms with E-state index in [1.807, 2.05) is 0 Å². The Bertz CT molecular complexity index is 312. The topological polar surface area (TPSA) is 47.3 Å². The molecule has 1 aliphatic rings. The summed E-state index contributed by atoms with van der Waals surface area (Å²) in [4.78, 5) is 4.63. The van der Waals surface area contributed by atoms with Crippen molar-refractivity contribution in [2.24, 2.45) is 5.90 Å². The molecule has 0 saturated heterocycles. The molecular weight excluding hydrogens is 164 g/mol. The first kappa shape index (κ1) is 8.53. The highest BCUT2D eigenvalue weighted by Gasteiger charge is 2.21. The number of nitrogens with one attached hydrogen (secondary N) is 1. The van der Waals surface area contributed by atoms with Gasteiger partial charge >= 0.3 is 0 Å². The Morgan fingerprint density at radius 2 is 2.46 bits per heavy atom. The lowest BCUT2D eigenvalue weighted by molar-refractivity contribution is 0.129. The van der Waals surface area contributed by atoms with Crippen LogP contribution in [0.4, 0.5) is 5.69 Å². The molecule has 0 fully saturated rings. The third kappa shape index (κ3) is 1.53. The third-order valence-corrected chi connectivity index (χ3v) is 2.52. The highest BCUT2D eigenvalue weighted by molar-refractivity contribution is 5.59. The summed E-state index contributed by atoms with van der Waals surface area (Å²) in [7, 11) is 0. The second-order valence-corrected chi connectivity index (χ2v) is 3.48. The summed E-state index contributed by atoms with van der Waals surface area (Å²) in [6.45, 7) is 2.69. The fourth-order valence-corrected chi connectivity index (χ4v) is 1.84. The molecule has 70 valence electrons. The van der Waals surface area contributed by atoms with E-state index in [-0.39, 0.29) is 0 Å². The lowest BCUT2D eigenvalue weighted by Crippen LogP contribution is -2.24. The summed E-state index contributed by atoms with van der Waals surface area (Å²) in [5.41, 5.74) is 3.95. The molecule has 3 nitrogen and oxygen atoms in total. The molecule has 0 aromatic heterocycles. The molecule has 3 heteroatoms. The maximum atomic E-state index is 5.04. The van der Waals surface area contributed by atoms with Gasteiger partial charge in [0.2, 0.25) is 0 Å². The van der Waals surface area contributed by atoms with Crippen LogP contribution in [-0.4, -0.2) is 12.6 Å². The molecule has 13 heavy (non-hydrogen) atoms. The lowest BCUT2D eigenvalue weighted by atomic mass is 10.0. The van der Waals surface area contributed by atoms with Crippen LogP contribution in [-0.2, 0) is 11.3 Å². The van der Waals surface area contributed by atoms with E-state index in [0.29, 0.717) is 12.6 Å². The molecule has 1 atom stereocenters. The van der Waals surface area contributed by atoms with Crippen LogP contribution in [0.5, 0.6) is 0 Å². The van der Waals surface area contributed by atoms with Crippen LogP contribution in [0.1, 0.15) is 11.1 Å². The predicted octanol–water partition coefficient (Wildman–Crippen LogP) is 1.22. The van der Waals surface area contributed by atoms with Crippen LogP contribution < -0.4 is 11.2 Å². The molecule has 0 saturated carbocycles. The second-order valence-electron chi connectivity index (χ2n) is 3.48. The minimum Gasteiger partial charge on any atom is -0.379 e. The van der Waals surface area contributed by atoms with Crippen LogP contribution in [0.25, 0.3) is 0 Å². The molecule has 1 aromatic carbocycles. The largest absolute Gasteiger partial charge is 0.379 e. The van der Waals surface area contributed by atoms with Gasteiger partial charge in [0.05, 0.1) is 12.6 Å². The average Bonchev–Trinajstić information content (AvgIpc) is 2.49. The maximum absolute atomic E-state index is 5.04. The fourth-order valence-electron chi connectivity index (χ4n) is 1.84. The van der Waals surface area contributed by atoms with E-state index >= 15 is 0 Å². The van der Waals surface area contributed by atoms with E-state index in [0.717, 1.165) is 6.42 Å². The van der Waals surface area contributed by atoms with Crippen LogP contribution in [0, 0.1) is 6.92 Å². The van der Waals surface area contributed by atoms with Crippen molar-refractivity contribution >= 4 is 5.69 Å². The van der Waals surface area contributed by atoms with E-state index in [9.17, 15) is 0 Å². The summed E-state index contributed by atoms with van der Waals surface area (Å²) >= 11 is 0. The SMILES string of the molecule is Cc1cccc2c1CC(CON)N2. The Morgan fingerprint density at radius 3 is 3.15 bits per heavy atom. The third-order valence-electron chi connectivity index (χ3n) is 2.52. The number of hydrogen-bond acceptors (Lipinski definition) is 3. The van der Waals surface area contributed by atoms with Crippen molar-refractivity contribution < 1.29 is 4.84 Å². The van der Waals surface area contributed by atoms with Crippen molar-refractivity contribution in [1.82, 2.24) is 0 Å². The standard InChI is InChI=1S/C10H14N2O/c1-7-3-2-4-10-9(7)5-8(12-10)6-13-11/h2-4,8,12H,5-6,11H2,1H3. The first-order chi connectivity index (χ1) is 6.31. The first-order valence-corrected chi connectivity index (χ1v) is 4.48. The summed E-state index contributed by atoms with van der Waals surface area (Å²) in [6.07, 6.45) is 1.01. The van der Waals surface area contributed by atoms with E-state index in [4.69, 9.17) is 5.90 Å². The van der Waals surface area contributed by atoms with Gasteiger partial charge in [-0.15, -0.1) is 0 Å². The van der Waals surface area contributed by atoms with Gasteiger partial charge in [0.15, 0.2) is 0 Å². The highest BCUT2D eigenvalue weighted by atomic mass is 16.6. The zero-order valence-electron chi connectivity index (χ0n) is 7.71. The van der Waals surface area contributed by atoms with Gasteiger partial charge in [-0.1, -0.05) is 12.1 Å². The van der Waals surface area contributed by atoms with E-state index in [1.54, 1.807) is 0 Å². The second kappa shape index (κ2) is 3.36. The Labute approximate surface area is 77.8 Å². The number of hydrogen-bond donors (Lipinski definition) is 2. The Hall–Kier alpha value is -1.06. The molecule has 3 N–H and O–H groups in total. The number of fused-ring (bicyclic) bond motifs is 1. The summed E-state index contributed by atoms with van der Waals surface area (Å²) in [5, 5.41) is 3.37. The highest BCUT2D eigenvalue weighted by Crippen LogP contribution is 2.28. The molecule has 1 aliphatic heterocycles. The smallest absolute Gasteiger partial charge is 0.0883 e. The van der Waals surface area contributed by atoms with Gasteiger partial charge in [0.1, 0.15) is 0 Å². The minimum absolute atomic E-state index is 0.334. The van der Waals surface area contributed by atoms with Crippen molar-refractivity contribution in [3.8, 4) is 0 Å². The van der Waals surface area contributed by atoms with Gasteiger partial charge < -0.3 is 10.2 Å². The van der Waals surface area contributed by atoms with Crippen LogP contribution in [0.15, 0.2) is 18.2 Å². The number of nitrogens with two attached hydrogens (primary N) is 1. The number of anilines is 1. The van der Waals surface area contributed by atoms with Crippen LogP contribution in [0.2, 0.25) is 0 Å². The van der Waals surface area contributed by atoms with Crippen molar-refractivity contribution in [3.05, 3.63) is 29.3 Å². The zero-order chi connectivity index (χ0) is 9.26. The molecule has 0 spiro atoms. The summed E-state index contributed by atoms with van der Waals surface area (Å²) in [6, 6.07) is 6.62. The molecule has 1 aromatic rings. The molecule has 0 amide bonds. The van der Waals surface area contributed by atoms with Gasteiger partial charge in [0, 0.05) is 5.69 Å². The van der Waals surface area contributed by atoms with Gasteiger partial charge in [-0.05, 0) is 30.5 Å². The van der Waals surface area contributed by atoms with Crippen LogP contribution in [0.3, 0.4) is 0 Å². The van der Waals surface area contributed by atoms with Crippen molar-refractivity contribution in [2.45, 2.75) is 19.4 Å². The molecule has 0 aliphatic carbocycles. The van der Waals surface area contributed by atoms with Gasteiger partial charge in [0.25, 0.3) is 0 Å². The molecule has 0 bridgehead atoms. The van der Waals surface area contributed by atoms with E-state index in [2.05, 4.69) is 35.3 Å². The minimum atomic E-state index is 0.334. The number of rotatable bonds is 2. The van der Waals surface area contributed by atoms with E-state index < -0.39 is 0 Å². The van der Waals surface area contributed by atoms with Gasteiger partial charge in [-0.2, -0.15) is 0 Å². The van der Waals surface area contributed by atoms with Crippen LogP contribution >= 0.6 is 0 Å². The molecule has 1 unspecified atom stereocenters. The number of aryl methyl sites for hydroxylation is 1. The van der Waals surface area contributed by atoms with Gasteiger partial charge in [-0.3, -0.25) is 0 Å². The maximum Gasteiger partial charge on any atom is 0.0883 e. The monoisotopic (exact) mass is 178 g/mol. The van der Waals surface area contributed by atoms with Crippen molar-refractivity contribution in [2.75, 3.05) is 11.9 Å². The Balaban J connectivity index is 2.20. The van der Waals surface area contributed by atoms with Crippen molar-refractivity contribution in [3.63, 3.8) is 0 Å². The lowest BCUT2D eigenvalue weighted by Gasteiger charge is -2.07. The molecule has 1 heterocycles. The average molecular weight is 178 g/mol. The quantitative estimate of drug-likeness (QED) is 0.669. The molecule has 0 radical (unpaired) electrons. The molecular formula is C10H14N2O. The Kier molecular flexibility index (Phi) is 2.20. The molecule has 2 rings (SSSR count). The normalized spacial score (nSPS) is 19.7. The summed E-state index contributed by atoms with van der Waals surface area (Å²) in [5.74, 6) is 5.04. The van der Waals surface area contributed by atoms with Gasteiger partial charge in [-0.25, -0.2) is 5.90 Å². The first-order valence-electron chi connectivity index (χ1n) is 4.48. The van der Waals surface area contributed by atoms with Crippen molar-refractivity contribution in [1.29, 1.82) is 0 Å². The van der Waals surface area contributed by atoms with E-state index in [1.165, 1.54) is 16.8 Å². The fraction of sp³-hybridized carbons (Fsp3) is 0.400. The number of benzene rings is 1.